The number of hydrogen-bond donors (Lipinski definition) is 0. The lowest BCUT2D eigenvalue weighted by atomic mass is 10.2. The Labute approximate surface area is 98.5 Å². The van der Waals surface area contributed by atoms with Crippen LogP contribution in [0.4, 0.5) is 10.1 Å². The van der Waals surface area contributed by atoms with E-state index in [9.17, 15) is 14.5 Å². The van der Waals surface area contributed by atoms with Gasteiger partial charge in [-0.3, -0.25) is 10.1 Å². The quantitative estimate of drug-likeness (QED) is 0.345. The zero-order valence-electron chi connectivity index (χ0n) is 7.26. The molecule has 6 heteroatoms. The van der Waals surface area contributed by atoms with Crippen molar-refractivity contribution in [2.75, 3.05) is 5.33 Å². The molecule has 0 amide bonds. The minimum atomic E-state index is -0.941. The molecule has 0 unspecified atom stereocenters. The molecule has 0 aromatic heterocycles. The topological polar surface area (TPSA) is 43.1 Å². The monoisotopic (exact) mass is 291 g/mol. The largest absolute Gasteiger partial charge is 0.306 e. The number of nitro benzene ring substituents is 1. The Morgan fingerprint density at radius 1 is 1.60 bits per heavy atom. The zero-order valence-corrected chi connectivity index (χ0v) is 9.60. The first kappa shape index (κ1) is 12.0. The normalized spacial score (nSPS) is 9.27. The van der Waals surface area contributed by atoms with Crippen molar-refractivity contribution >= 4 is 33.2 Å². The summed E-state index contributed by atoms with van der Waals surface area (Å²) in [5.74, 6) is 4.26. The van der Waals surface area contributed by atoms with Gasteiger partial charge in [-0.05, 0) is 6.07 Å². The summed E-state index contributed by atoms with van der Waals surface area (Å²) >= 11 is 8.76. The van der Waals surface area contributed by atoms with Crippen LogP contribution in [0.5, 0.6) is 0 Å². The van der Waals surface area contributed by atoms with Crippen molar-refractivity contribution in [3.63, 3.8) is 0 Å². The maximum absolute atomic E-state index is 13.1. The highest BCUT2D eigenvalue weighted by Crippen LogP contribution is 2.25. The predicted octanol–water partition coefficient (Wildman–Crippen LogP) is 3.13. The van der Waals surface area contributed by atoms with E-state index in [1.54, 1.807) is 0 Å². The van der Waals surface area contributed by atoms with Gasteiger partial charge in [0.2, 0.25) is 5.82 Å². The number of benzene rings is 1. The number of nitro groups is 1. The minimum Gasteiger partial charge on any atom is -0.258 e. The van der Waals surface area contributed by atoms with Gasteiger partial charge in [-0.25, -0.2) is 0 Å². The van der Waals surface area contributed by atoms with Crippen molar-refractivity contribution in [1.82, 2.24) is 0 Å². The summed E-state index contributed by atoms with van der Waals surface area (Å²) in [4.78, 5) is 9.53. The van der Waals surface area contributed by atoms with Crippen LogP contribution >= 0.6 is 27.5 Å². The van der Waals surface area contributed by atoms with E-state index in [-0.39, 0.29) is 10.6 Å². The second-order valence-corrected chi connectivity index (χ2v) is 3.44. The van der Waals surface area contributed by atoms with Crippen molar-refractivity contribution in [3.8, 4) is 11.8 Å². The van der Waals surface area contributed by atoms with Crippen LogP contribution in [0.15, 0.2) is 12.1 Å². The third-order valence-corrected chi connectivity index (χ3v) is 2.12. The van der Waals surface area contributed by atoms with Gasteiger partial charge in [-0.1, -0.05) is 39.4 Å². The Morgan fingerprint density at radius 3 is 2.80 bits per heavy atom. The Bertz CT molecular complexity index is 467. The molecule has 0 heterocycles. The summed E-state index contributed by atoms with van der Waals surface area (Å²) < 4.78 is 13.1. The van der Waals surface area contributed by atoms with Gasteiger partial charge >= 0.3 is 5.69 Å². The number of halogens is 3. The van der Waals surface area contributed by atoms with Crippen LogP contribution < -0.4 is 0 Å². The van der Waals surface area contributed by atoms with Gasteiger partial charge in [0, 0.05) is 11.6 Å². The van der Waals surface area contributed by atoms with Crippen LogP contribution in [-0.2, 0) is 0 Å². The summed E-state index contributed by atoms with van der Waals surface area (Å²) in [5, 5.41) is 10.8. The molecule has 0 aliphatic rings. The molecule has 0 fully saturated rings. The Morgan fingerprint density at radius 2 is 2.27 bits per heavy atom. The molecule has 1 aromatic rings. The molecule has 1 rings (SSSR count). The van der Waals surface area contributed by atoms with E-state index in [4.69, 9.17) is 11.6 Å². The zero-order chi connectivity index (χ0) is 11.4. The molecule has 3 nitrogen and oxygen atoms in total. The molecule has 78 valence electrons. The lowest BCUT2D eigenvalue weighted by Gasteiger charge is -1.97. The second-order valence-electron chi connectivity index (χ2n) is 2.48. The van der Waals surface area contributed by atoms with Crippen LogP contribution in [0.3, 0.4) is 0 Å². The minimum absolute atomic E-state index is 0.0663. The van der Waals surface area contributed by atoms with Crippen molar-refractivity contribution < 1.29 is 9.31 Å². The lowest BCUT2D eigenvalue weighted by Crippen LogP contribution is -1.93. The van der Waals surface area contributed by atoms with Gasteiger partial charge in [-0.2, -0.15) is 4.39 Å². The molecule has 0 aliphatic heterocycles. The Balaban J connectivity index is 3.25. The van der Waals surface area contributed by atoms with E-state index in [1.807, 2.05) is 0 Å². The van der Waals surface area contributed by atoms with Crippen LogP contribution in [0.1, 0.15) is 5.56 Å². The molecule has 0 atom stereocenters. The van der Waals surface area contributed by atoms with E-state index in [0.717, 1.165) is 12.1 Å². The summed E-state index contributed by atoms with van der Waals surface area (Å²) in [5.41, 5.74) is -0.413. The highest BCUT2D eigenvalue weighted by molar-refractivity contribution is 9.09. The second kappa shape index (κ2) is 5.10. The summed E-state index contributed by atoms with van der Waals surface area (Å²) in [7, 11) is 0. The van der Waals surface area contributed by atoms with Gasteiger partial charge in [0.1, 0.15) is 0 Å². The fraction of sp³-hybridized carbons (Fsp3) is 0.111. The number of rotatable bonds is 1. The van der Waals surface area contributed by atoms with E-state index in [0.29, 0.717) is 5.33 Å². The highest BCUT2D eigenvalue weighted by atomic mass is 79.9. The van der Waals surface area contributed by atoms with Crippen LogP contribution in [0.25, 0.3) is 0 Å². The molecule has 0 radical (unpaired) electrons. The number of nitrogens with zero attached hydrogens (tertiary/aromatic N) is 1. The Kier molecular flexibility index (Phi) is 4.06. The lowest BCUT2D eigenvalue weighted by molar-refractivity contribution is -0.387. The average Bonchev–Trinajstić information content (AvgIpc) is 2.18. The molecular formula is C9H4BrClFNO2. The van der Waals surface area contributed by atoms with E-state index in [1.165, 1.54) is 0 Å². The van der Waals surface area contributed by atoms with Crippen molar-refractivity contribution in [2.45, 2.75) is 0 Å². The van der Waals surface area contributed by atoms with Crippen LogP contribution in [-0.4, -0.2) is 10.3 Å². The summed E-state index contributed by atoms with van der Waals surface area (Å²) in [6.07, 6.45) is 0. The molecule has 0 spiro atoms. The molecular weight excluding hydrogens is 288 g/mol. The van der Waals surface area contributed by atoms with E-state index in [2.05, 4.69) is 27.8 Å². The molecule has 0 aliphatic carbocycles. The van der Waals surface area contributed by atoms with Gasteiger partial charge < -0.3 is 0 Å². The summed E-state index contributed by atoms with van der Waals surface area (Å²) in [6, 6.07) is 1.91. The number of hydrogen-bond acceptors (Lipinski definition) is 2. The molecule has 1 aromatic carbocycles. The molecule has 0 bridgehead atoms. The first-order valence-corrected chi connectivity index (χ1v) is 5.24. The SMILES string of the molecule is O=[N+]([O-])c1cc(Cl)c(C#CCBr)cc1F. The smallest absolute Gasteiger partial charge is 0.258 e. The summed E-state index contributed by atoms with van der Waals surface area (Å²) in [6.45, 7) is 0. The molecule has 0 N–H and O–H groups in total. The highest BCUT2D eigenvalue weighted by Gasteiger charge is 2.16. The first-order chi connectivity index (χ1) is 7.06. The van der Waals surface area contributed by atoms with E-state index >= 15 is 0 Å². The first-order valence-electron chi connectivity index (χ1n) is 3.74. The van der Waals surface area contributed by atoms with Crippen molar-refractivity contribution in [1.29, 1.82) is 0 Å². The third-order valence-electron chi connectivity index (χ3n) is 1.52. The maximum Gasteiger partial charge on any atom is 0.306 e. The van der Waals surface area contributed by atoms with Crippen molar-refractivity contribution in [3.05, 3.63) is 38.7 Å². The van der Waals surface area contributed by atoms with Crippen LogP contribution in [0.2, 0.25) is 5.02 Å². The Hall–Kier alpha value is -1.12. The fourth-order valence-corrected chi connectivity index (χ4v) is 1.25. The van der Waals surface area contributed by atoms with Gasteiger partial charge in [0.05, 0.1) is 15.3 Å². The van der Waals surface area contributed by atoms with Gasteiger partial charge in [0.25, 0.3) is 0 Å². The van der Waals surface area contributed by atoms with Gasteiger partial charge in [-0.15, -0.1) is 0 Å². The average molecular weight is 292 g/mol. The predicted molar refractivity (Wildman–Crippen MR) is 58.7 cm³/mol. The number of alkyl halides is 1. The maximum atomic E-state index is 13.1. The van der Waals surface area contributed by atoms with E-state index < -0.39 is 16.4 Å². The standard InChI is InChI=1S/C9H4BrClFNO2/c10-3-1-2-6-4-8(12)9(13(14)15)5-7(6)11/h4-5H,3H2. The molecule has 15 heavy (non-hydrogen) atoms. The third kappa shape index (κ3) is 2.91. The molecule has 0 saturated carbocycles. The van der Waals surface area contributed by atoms with Gasteiger partial charge in [0.15, 0.2) is 0 Å². The molecule has 0 saturated heterocycles. The fourth-order valence-electron chi connectivity index (χ4n) is 0.901. The van der Waals surface area contributed by atoms with Crippen LogP contribution in [0, 0.1) is 27.8 Å². The van der Waals surface area contributed by atoms with Crippen molar-refractivity contribution in [2.24, 2.45) is 0 Å².